The monoisotopic (exact) mass is 509 g/mol. The summed E-state index contributed by atoms with van der Waals surface area (Å²) < 4.78 is 67.2. The normalized spacial score (nSPS) is 11.6. The average Bonchev–Trinajstić information content (AvgIpc) is 3.25. The van der Waals surface area contributed by atoms with Crippen molar-refractivity contribution in [2.24, 2.45) is 0 Å². The Hall–Kier alpha value is -3.77. The molecule has 0 radical (unpaired) electrons. The maximum atomic E-state index is 13.7. The van der Waals surface area contributed by atoms with Crippen LogP contribution in [0.5, 0.6) is 11.6 Å². The zero-order chi connectivity index (χ0) is 25.2. The van der Waals surface area contributed by atoms with Crippen LogP contribution in [0.15, 0.2) is 59.3 Å². The first-order valence-corrected chi connectivity index (χ1v) is 11.3. The summed E-state index contributed by atoms with van der Waals surface area (Å²) >= 11 is 0. The van der Waals surface area contributed by atoms with Gasteiger partial charge in [-0.2, -0.15) is 9.37 Å². The van der Waals surface area contributed by atoms with Gasteiger partial charge < -0.3 is 19.0 Å². The molecule has 0 atom stereocenters. The Kier molecular flexibility index (Phi) is 6.85. The Bertz CT molecular complexity index is 1410. The number of phosphoric ester groups is 1. The highest BCUT2D eigenvalue weighted by molar-refractivity contribution is 7.46. The molecule has 3 aromatic heterocycles. The molecule has 182 valence electrons. The van der Waals surface area contributed by atoms with E-state index in [4.69, 9.17) is 24.8 Å². The molecule has 0 bridgehead atoms. The topological polar surface area (TPSA) is 145 Å². The van der Waals surface area contributed by atoms with Crippen molar-refractivity contribution in [3.05, 3.63) is 83.6 Å². The van der Waals surface area contributed by atoms with Gasteiger partial charge in [-0.1, -0.05) is 17.3 Å². The summed E-state index contributed by atoms with van der Waals surface area (Å²) in [5.41, 5.74) is 7.83. The van der Waals surface area contributed by atoms with E-state index in [1.165, 1.54) is 22.9 Å². The smallest absolute Gasteiger partial charge is 0.436 e. The quantitative estimate of drug-likeness (QED) is 0.185. The number of pyridine rings is 2. The first-order valence-electron chi connectivity index (χ1n) is 9.81. The number of nitrogen functional groups attached to an aromatic ring is 1. The van der Waals surface area contributed by atoms with Crippen molar-refractivity contribution in [3.8, 4) is 23.0 Å². The number of benzene rings is 1. The lowest BCUT2D eigenvalue weighted by Crippen LogP contribution is -2.38. The Morgan fingerprint density at radius 3 is 2.54 bits per heavy atom. The number of nitrogens with two attached hydrogens (primary N) is 1. The van der Waals surface area contributed by atoms with Crippen LogP contribution in [0.4, 0.5) is 19.0 Å². The van der Waals surface area contributed by atoms with Crippen LogP contribution in [0.1, 0.15) is 11.3 Å². The van der Waals surface area contributed by atoms with Gasteiger partial charge in [0.2, 0.25) is 6.73 Å². The van der Waals surface area contributed by atoms with E-state index in [-0.39, 0.29) is 11.6 Å². The summed E-state index contributed by atoms with van der Waals surface area (Å²) in [5, 5.41) is 4.00. The summed E-state index contributed by atoms with van der Waals surface area (Å²) in [4.78, 5) is 20.9. The van der Waals surface area contributed by atoms with Crippen molar-refractivity contribution in [3.63, 3.8) is 0 Å². The highest BCUT2D eigenvalue weighted by Gasteiger charge is 2.21. The fourth-order valence-corrected chi connectivity index (χ4v) is 3.31. The van der Waals surface area contributed by atoms with Gasteiger partial charge in [-0.05, 0) is 29.8 Å². The first-order chi connectivity index (χ1) is 16.6. The van der Waals surface area contributed by atoms with Gasteiger partial charge >= 0.3 is 7.82 Å². The SMILES string of the molecule is Nc1c(-c2cc(Cc3ccc(Oc4nc(F)c(F)cc4F)cc3)no2)ccc[n+]1COP(=O)(O)O. The molecule has 0 saturated heterocycles. The van der Waals surface area contributed by atoms with Crippen LogP contribution in [0.25, 0.3) is 11.3 Å². The Balaban J connectivity index is 1.45. The van der Waals surface area contributed by atoms with Crippen molar-refractivity contribution < 1.29 is 45.9 Å². The van der Waals surface area contributed by atoms with Gasteiger partial charge in [-0.15, -0.1) is 0 Å². The zero-order valence-electron chi connectivity index (χ0n) is 17.6. The lowest BCUT2D eigenvalue weighted by atomic mass is 10.1. The fourth-order valence-electron chi connectivity index (χ4n) is 3.04. The number of nitrogens with zero attached hydrogens (tertiary/aromatic N) is 3. The van der Waals surface area contributed by atoms with Crippen molar-refractivity contribution in [1.29, 1.82) is 0 Å². The number of anilines is 1. The fraction of sp³-hybridized carbons (Fsp3) is 0.0952. The lowest BCUT2D eigenvalue weighted by molar-refractivity contribution is -0.711. The summed E-state index contributed by atoms with van der Waals surface area (Å²) in [5.74, 6) is -4.10. The van der Waals surface area contributed by atoms with Gasteiger partial charge in [-0.3, -0.25) is 5.73 Å². The highest BCUT2D eigenvalue weighted by Crippen LogP contribution is 2.35. The molecule has 35 heavy (non-hydrogen) atoms. The maximum absolute atomic E-state index is 13.7. The average molecular weight is 509 g/mol. The molecule has 1 aromatic carbocycles. The van der Waals surface area contributed by atoms with Crippen LogP contribution in [0, 0.1) is 17.6 Å². The van der Waals surface area contributed by atoms with E-state index in [0.29, 0.717) is 29.5 Å². The van der Waals surface area contributed by atoms with Crippen LogP contribution in [0.2, 0.25) is 0 Å². The molecule has 0 aliphatic rings. The summed E-state index contributed by atoms with van der Waals surface area (Å²) in [6, 6.07) is 11.5. The maximum Gasteiger partial charge on any atom is 0.472 e. The number of ether oxygens (including phenoxy) is 1. The van der Waals surface area contributed by atoms with Crippen molar-refractivity contribution in [2.45, 2.75) is 13.2 Å². The minimum Gasteiger partial charge on any atom is -0.436 e. The van der Waals surface area contributed by atoms with Crippen LogP contribution < -0.4 is 15.0 Å². The Morgan fingerprint density at radius 1 is 1.09 bits per heavy atom. The highest BCUT2D eigenvalue weighted by atomic mass is 31.2. The van der Waals surface area contributed by atoms with E-state index in [1.807, 2.05) is 0 Å². The second-order valence-corrected chi connectivity index (χ2v) is 8.42. The van der Waals surface area contributed by atoms with E-state index >= 15 is 0 Å². The van der Waals surface area contributed by atoms with Gasteiger partial charge in [0.15, 0.2) is 17.4 Å². The molecule has 0 aliphatic heterocycles. The molecule has 0 unspecified atom stereocenters. The van der Waals surface area contributed by atoms with Crippen LogP contribution in [-0.4, -0.2) is 19.9 Å². The number of halogens is 3. The second kappa shape index (κ2) is 9.84. The molecular weight excluding hydrogens is 492 g/mol. The van der Waals surface area contributed by atoms with Crippen molar-refractivity contribution >= 4 is 13.6 Å². The standard InChI is InChI=1S/C21H16F3N4O6P/c22-16-10-17(23)21(26-19(16)24)33-14-5-3-12(4-6-14)8-13-9-18(34-27-13)15-2-1-7-28(20(15)25)11-32-35(29,30)31/h1-7,9-10,25H,8,11H2,(H2,29,30,31)/p+1. The van der Waals surface area contributed by atoms with Gasteiger partial charge in [0.25, 0.3) is 17.6 Å². The van der Waals surface area contributed by atoms with E-state index in [1.54, 1.807) is 30.3 Å². The molecular formula is C21H17F3N4O6P+. The molecule has 3 heterocycles. The largest absolute Gasteiger partial charge is 0.472 e. The summed E-state index contributed by atoms with van der Waals surface area (Å²) in [6.07, 6.45) is 1.83. The minimum atomic E-state index is -4.68. The summed E-state index contributed by atoms with van der Waals surface area (Å²) in [7, 11) is -4.68. The third kappa shape index (κ3) is 6.03. The number of hydrogen-bond acceptors (Lipinski definition) is 7. The van der Waals surface area contributed by atoms with Crippen LogP contribution >= 0.6 is 7.82 Å². The van der Waals surface area contributed by atoms with Gasteiger partial charge in [0.1, 0.15) is 11.3 Å². The summed E-state index contributed by atoms with van der Waals surface area (Å²) in [6.45, 7) is -0.469. The first kappa shape index (κ1) is 24.4. The molecule has 0 saturated carbocycles. The van der Waals surface area contributed by atoms with Crippen LogP contribution in [0.3, 0.4) is 0 Å². The molecule has 4 aromatic rings. The van der Waals surface area contributed by atoms with Gasteiger partial charge in [-0.25, -0.2) is 22.4 Å². The molecule has 14 heteroatoms. The Morgan fingerprint density at radius 2 is 1.83 bits per heavy atom. The molecule has 0 amide bonds. The van der Waals surface area contributed by atoms with Crippen molar-refractivity contribution in [1.82, 2.24) is 10.1 Å². The minimum absolute atomic E-state index is 0.142. The number of rotatable bonds is 8. The zero-order valence-corrected chi connectivity index (χ0v) is 18.5. The van der Waals surface area contributed by atoms with Gasteiger partial charge in [0, 0.05) is 18.6 Å². The lowest BCUT2D eigenvalue weighted by Gasteiger charge is -2.07. The van der Waals surface area contributed by atoms with E-state index in [9.17, 15) is 17.7 Å². The second-order valence-electron chi connectivity index (χ2n) is 7.18. The predicted octanol–water partition coefficient (Wildman–Crippen LogP) is 3.47. The number of phosphoric acid groups is 1. The molecule has 4 rings (SSSR count). The number of hydrogen-bond donors (Lipinski definition) is 3. The Labute approximate surface area is 195 Å². The van der Waals surface area contributed by atoms with Crippen molar-refractivity contribution in [2.75, 3.05) is 5.73 Å². The van der Waals surface area contributed by atoms with E-state index in [2.05, 4.69) is 14.7 Å². The third-order valence-corrected chi connectivity index (χ3v) is 5.13. The molecule has 10 nitrogen and oxygen atoms in total. The molecule has 0 aliphatic carbocycles. The predicted molar refractivity (Wildman–Crippen MR) is 113 cm³/mol. The van der Waals surface area contributed by atoms with Crippen LogP contribution in [-0.2, 0) is 22.2 Å². The molecule has 4 N–H and O–H groups in total. The third-order valence-electron chi connectivity index (χ3n) is 4.68. The molecule has 0 spiro atoms. The van der Waals surface area contributed by atoms with E-state index in [0.717, 1.165) is 5.56 Å². The van der Waals surface area contributed by atoms with Gasteiger partial charge in [0.05, 0.1) is 11.9 Å². The molecule has 0 fully saturated rings. The van der Waals surface area contributed by atoms with E-state index < -0.39 is 38.0 Å². The number of aromatic nitrogens is 3.